The monoisotopic (exact) mass is 141 g/mol. The molecule has 0 aliphatic rings. The van der Waals surface area contributed by atoms with Gasteiger partial charge in [-0.1, -0.05) is 19.4 Å². The maximum absolute atomic E-state index is 10.8. The molecule has 2 nitrogen and oxygen atoms in total. The lowest BCUT2D eigenvalue weighted by Gasteiger charge is -1.96. The summed E-state index contributed by atoms with van der Waals surface area (Å²) in [6.45, 7) is 3.95. The van der Waals surface area contributed by atoms with Crippen molar-refractivity contribution in [1.29, 1.82) is 0 Å². The van der Waals surface area contributed by atoms with E-state index in [4.69, 9.17) is 0 Å². The van der Waals surface area contributed by atoms with Crippen LogP contribution in [-0.2, 0) is 4.79 Å². The van der Waals surface area contributed by atoms with Crippen molar-refractivity contribution in [3.05, 3.63) is 12.3 Å². The molecule has 0 aromatic rings. The fourth-order valence-corrected chi connectivity index (χ4v) is 0.586. The lowest BCUT2D eigenvalue weighted by molar-refractivity contribution is -0.120. The fourth-order valence-electron chi connectivity index (χ4n) is 0.586. The number of amides is 1. The molecule has 0 aromatic heterocycles. The van der Waals surface area contributed by atoms with Crippen molar-refractivity contribution in [1.82, 2.24) is 5.32 Å². The van der Waals surface area contributed by atoms with E-state index in [-0.39, 0.29) is 5.91 Å². The van der Waals surface area contributed by atoms with Gasteiger partial charge in [-0.15, -0.1) is 0 Å². The molecule has 0 saturated carbocycles. The van der Waals surface area contributed by atoms with Gasteiger partial charge in [0.1, 0.15) is 0 Å². The van der Waals surface area contributed by atoms with Gasteiger partial charge in [0.2, 0.25) is 5.91 Å². The minimum atomic E-state index is 0.111. The van der Waals surface area contributed by atoms with Crippen LogP contribution in [0.1, 0.15) is 33.1 Å². The maximum Gasteiger partial charge on any atom is 0.223 e. The van der Waals surface area contributed by atoms with Gasteiger partial charge < -0.3 is 5.32 Å². The minimum absolute atomic E-state index is 0.111. The summed E-state index contributed by atoms with van der Waals surface area (Å²) in [5.41, 5.74) is 0. The van der Waals surface area contributed by atoms with Crippen molar-refractivity contribution in [2.45, 2.75) is 33.1 Å². The van der Waals surface area contributed by atoms with E-state index in [1.807, 2.05) is 13.0 Å². The Hall–Kier alpha value is -0.790. The fraction of sp³-hybridized carbons (Fsp3) is 0.625. The van der Waals surface area contributed by atoms with E-state index in [2.05, 4.69) is 12.2 Å². The van der Waals surface area contributed by atoms with Crippen LogP contribution in [0.4, 0.5) is 0 Å². The Labute approximate surface area is 62.3 Å². The van der Waals surface area contributed by atoms with Crippen LogP contribution >= 0.6 is 0 Å². The summed E-state index contributed by atoms with van der Waals surface area (Å²) in [5, 5.41) is 2.65. The number of allylic oxidation sites excluding steroid dienone is 1. The molecule has 1 amide bonds. The predicted molar refractivity (Wildman–Crippen MR) is 42.5 cm³/mol. The van der Waals surface area contributed by atoms with E-state index in [1.54, 1.807) is 6.20 Å². The molecule has 0 saturated heterocycles. The van der Waals surface area contributed by atoms with Crippen molar-refractivity contribution in [3.8, 4) is 0 Å². The lowest BCUT2D eigenvalue weighted by Crippen LogP contribution is -2.15. The number of unbranched alkanes of at least 4 members (excludes halogenated alkanes) is 1. The normalized spacial score (nSPS) is 10.2. The third-order valence-corrected chi connectivity index (χ3v) is 1.17. The second kappa shape index (κ2) is 6.33. The van der Waals surface area contributed by atoms with E-state index >= 15 is 0 Å². The van der Waals surface area contributed by atoms with Crippen LogP contribution in [0.25, 0.3) is 0 Å². The predicted octanol–water partition coefficient (Wildman–Crippen LogP) is 1.83. The summed E-state index contributed by atoms with van der Waals surface area (Å²) in [7, 11) is 0. The van der Waals surface area contributed by atoms with Gasteiger partial charge in [-0.3, -0.25) is 4.79 Å². The molecule has 0 atom stereocenters. The number of nitrogens with one attached hydrogen (secondary N) is 1. The summed E-state index contributed by atoms with van der Waals surface area (Å²) in [6.07, 6.45) is 6.16. The summed E-state index contributed by atoms with van der Waals surface area (Å²) in [5.74, 6) is 0.111. The number of hydrogen-bond donors (Lipinski definition) is 1. The molecule has 0 aliphatic heterocycles. The average Bonchev–Trinajstić information content (AvgIpc) is 1.97. The van der Waals surface area contributed by atoms with E-state index in [0.717, 1.165) is 12.8 Å². The molecule has 0 aromatic carbocycles. The van der Waals surface area contributed by atoms with Gasteiger partial charge in [-0.25, -0.2) is 0 Å². The second-order valence-electron chi connectivity index (χ2n) is 2.17. The molecule has 0 radical (unpaired) electrons. The second-order valence-corrected chi connectivity index (χ2v) is 2.17. The van der Waals surface area contributed by atoms with Crippen LogP contribution < -0.4 is 5.32 Å². The third-order valence-electron chi connectivity index (χ3n) is 1.17. The summed E-state index contributed by atoms with van der Waals surface area (Å²) >= 11 is 0. The van der Waals surface area contributed by atoms with Crippen molar-refractivity contribution in [2.24, 2.45) is 0 Å². The van der Waals surface area contributed by atoms with Gasteiger partial charge >= 0.3 is 0 Å². The van der Waals surface area contributed by atoms with Crippen LogP contribution in [0, 0.1) is 0 Å². The van der Waals surface area contributed by atoms with Crippen LogP contribution in [0.3, 0.4) is 0 Å². The van der Waals surface area contributed by atoms with Gasteiger partial charge in [0.15, 0.2) is 0 Å². The molecular formula is C8H15NO. The standard InChI is InChI=1S/C8H15NO/c1-3-5-6-8(10)9-7-4-2/h4,7H,3,5-6H2,1-2H3,(H,9,10)/b7-4+. The summed E-state index contributed by atoms with van der Waals surface area (Å²) in [6, 6.07) is 0. The summed E-state index contributed by atoms with van der Waals surface area (Å²) < 4.78 is 0. The zero-order valence-electron chi connectivity index (χ0n) is 6.68. The highest BCUT2D eigenvalue weighted by Crippen LogP contribution is 1.92. The number of carbonyl (C=O) groups is 1. The Morgan fingerprint density at radius 3 is 2.80 bits per heavy atom. The summed E-state index contributed by atoms with van der Waals surface area (Å²) in [4.78, 5) is 10.8. The van der Waals surface area contributed by atoms with Crippen molar-refractivity contribution in [2.75, 3.05) is 0 Å². The molecule has 58 valence electrons. The van der Waals surface area contributed by atoms with Crippen molar-refractivity contribution in [3.63, 3.8) is 0 Å². The Balaban J connectivity index is 3.25. The largest absolute Gasteiger partial charge is 0.333 e. The molecule has 0 spiro atoms. The topological polar surface area (TPSA) is 29.1 Å². The molecule has 0 bridgehead atoms. The molecule has 1 N–H and O–H groups in total. The van der Waals surface area contributed by atoms with Crippen molar-refractivity contribution >= 4 is 5.91 Å². The zero-order valence-corrected chi connectivity index (χ0v) is 6.68. The van der Waals surface area contributed by atoms with Crippen LogP contribution in [0.2, 0.25) is 0 Å². The molecular weight excluding hydrogens is 126 g/mol. The van der Waals surface area contributed by atoms with Gasteiger partial charge in [-0.2, -0.15) is 0 Å². The Morgan fingerprint density at radius 1 is 1.60 bits per heavy atom. The molecule has 0 aliphatic carbocycles. The van der Waals surface area contributed by atoms with Crippen molar-refractivity contribution < 1.29 is 4.79 Å². The first-order valence-corrected chi connectivity index (χ1v) is 3.71. The third kappa shape index (κ3) is 5.35. The molecule has 0 fully saturated rings. The quantitative estimate of drug-likeness (QED) is 0.635. The molecule has 10 heavy (non-hydrogen) atoms. The zero-order chi connectivity index (χ0) is 7.82. The van der Waals surface area contributed by atoms with Crippen LogP contribution in [0.15, 0.2) is 12.3 Å². The van der Waals surface area contributed by atoms with Gasteiger partial charge in [0.25, 0.3) is 0 Å². The first-order valence-electron chi connectivity index (χ1n) is 3.71. The molecule has 2 heteroatoms. The van der Waals surface area contributed by atoms with E-state index in [0.29, 0.717) is 6.42 Å². The highest BCUT2D eigenvalue weighted by molar-refractivity contribution is 5.76. The highest BCUT2D eigenvalue weighted by Gasteiger charge is 1.94. The molecule has 0 rings (SSSR count). The van der Waals surface area contributed by atoms with E-state index in [1.165, 1.54) is 0 Å². The average molecular weight is 141 g/mol. The van der Waals surface area contributed by atoms with Gasteiger partial charge in [0, 0.05) is 6.42 Å². The van der Waals surface area contributed by atoms with E-state index < -0.39 is 0 Å². The van der Waals surface area contributed by atoms with Crippen LogP contribution in [0.5, 0.6) is 0 Å². The Bertz CT molecular complexity index is 118. The van der Waals surface area contributed by atoms with Gasteiger partial charge in [0.05, 0.1) is 0 Å². The highest BCUT2D eigenvalue weighted by atomic mass is 16.1. The smallest absolute Gasteiger partial charge is 0.223 e. The molecule has 0 heterocycles. The number of hydrogen-bond acceptors (Lipinski definition) is 1. The molecule has 0 unspecified atom stereocenters. The first kappa shape index (κ1) is 9.21. The van der Waals surface area contributed by atoms with E-state index in [9.17, 15) is 4.79 Å². The first-order chi connectivity index (χ1) is 4.81. The lowest BCUT2D eigenvalue weighted by atomic mass is 10.2. The Morgan fingerprint density at radius 2 is 2.30 bits per heavy atom. The van der Waals surface area contributed by atoms with Crippen LogP contribution in [-0.4, -0.2) is 5.91 Å². The number of rotatable bonds is 4. The SMILES string of the molecule is C/C=C/NC(=O)CCCC. The minimum Gasteiger partial charge on any atom is -0.333 e. The maximum atomic E-state index is 10.8. The number of carbonyl (C=O) groups excluding carboxylic acids is 1. The van der Waals surface area contributed by atoms with Gasteiger partial charge in [-0.05, 0) is 19.5 Å². The Kier molecular flexibility index (Phi) is 5.83.